The Balaban J connectivity index is 3.24. The zero-order valence-corrected chi connectivity index (χ0v) is 8.22. The SMILES string of the molecule is CCOC(=O)CCNC(C)CC. The summed E-state index contributed by atoms with van der Waals surface area (Å²) in [6, 6.07) is 0.486. The van der Waals surface area contributed by atoms with Crippen molar-refractivity contribution in [1.29, 1.82) is 0 Å². The van der Waals surface area contributed by atoms with Crippen LogP contribution in [0.3, 0.4) is 0 Å². The summed E-state index contributed by atoms with van der Waals surface area (Å²) >= 11 is 0. The molecule has 0 aromatic heterocycles. The van der Waals surface area contributed by atoms with Crippen molar-refractivity contribution in [2.45, 2.75) is 39.7 Å². The molecule has 0 aromatic carbocycles. The number of rotatable bonds is 6. The number of hydrogen-bond donors (Lipinski definition) is 1. The summed E-state index contributed by atoms with van der Waals surface area (Å²) < 4.78 is 4.78. The van der Waals surface area contributed by atoms with Crippen molar-refractivity contribution >= 4 is 5.97 Å². The topological polar surface area (TPSA) is 38.3 Å². The number of hydrogen-bond acceptors (Lipinski definition) is 3. The third kappa shape index (κ3) is 6.16. The minimum atomic E-state index is -0.117. The number of carbonyl (C=O) groups is 1. The third-order valence-corrected chi connectivity index (χ3v) is 1.74. The minimum absolute atomic E-state index is 0.117. The Bertz CT molecular complexity index is 126. The second-order valence-electron chi connectivity index (χ2n) is 2.82. The lowest BCUT2D eigenvalue weighted by molar-refractivity contribution is -0.142. The largest absolute Gasteiger partial charge is 0.466 e. The average molecular weight is 173 g/mol. The van der Waals surface area contributed by atoms with Crippen LogP contribution in [0.5, 0.6) is 0 Å². The van der Waals surface area contributed by atoms with Crippen molar-refractivity contribution in [1.82, 2.24) is 5.32 Å². The monoisotopic (exact) mass is 173 g/mol. The van der Waals surface area contributed by atoms with E-state index in [0.717, 1.165) is 6.42 Å². The van der Waals surface area contributed by atoms with E-state index in [1.807, 2.05) is 6.92 Å². The van der Waals surface area contributed by atoms with Crippen molar-refractivity contribution < 1.29 is 9.53 Å². The molecule has 0 aliphatic heterocycles. The van der Waals surface area contributed by atoms with Gasteiger partial charge in [0.2, 0.25) is 0 Å². The van der Waals surface area contributed by atoms with E-state index in [0.29, 0.717) is 25.6 Å². The van der Waals surface area contributed by atoms with Gasteiger partial charge in [0.05, 0.1) is 13.0 Å². The summed E-state index contributed by atoms with van der Waals surface area (Å²) in [4.78, 5) is 10.9. The van der Waals surface area contributed by atoms with E-state index in [4.69, 9.17) is 4.74 Å². The smallest absolute Gasteiger partial charge is 0.307 e. The van der Waals surface area contributed by atoms with Gasteiger partial charge in [0, 0.05) is 12.6 Å². The van der Waals surface area contributed by atoms with Gasteiger partial charge in [-0.1, -0.05) is 6.92 Å². The molecule has 1 unspecified atom stereocenters. The van der Waals surface area contributed by atoms with Crippen molar-refractivity contribution in [3.05, 3.63) is 0 Å². The van der Waals surface area contributed by atoms with Crippen molar-refractivity contribution in [2.75, 3.05) is 13.2 Å². The highest BCUT2D eigenvalue weighted by Gasteiger charge is 2.02. The van der Waals surface area contributed by atoms with Crippen LogP contribution in [0.2, 0.25) is 0 Å². The molecule has 1 atom stereocenters. The normalized spacial score (nSPS) is 12.6. The molecule has 0 saturated carbocycles. The summed E-state index contributed by atoms with van der Waals surface area (Å²) in [7, 11) is 0. The molecular formula is C9H19NO2. The molecule has 0 rings (SSSR count). The van der Waals surface area contributed by atoms with Gasteiger partial charge in [-0.25, -0.2) is 0 Å². The Morgan fingerprint density at radius 3 is 2.67 bits per heavy atom. The fourth-order valence-electron chi connectivity index (χ4n) is 0.798. The molecule has 1 N–H and O–H groups in total. The molecule has 0 radical (unpaired) electrons. The maximum Gasteiger partial charge on any atom is 0.307 e. The van der Waals surface area contributed by atoms with Gasteiger partial charge in [0.1, 0.15) is 0 Å². The Morgan fingerprint density at radius 1 is 1.50 bits per heavy atom. The number of carbonyl (C=O) groups excluding carboxylic acids is 1. The Kier molecular flexibility index (Phi) is 6.76. The van der Waals surface area contributed by atoms with E-state index < -0.39 is 0 Å². The Labute approximate surface area is 74.5 Å². The van der Waals surface area contributed by atoms with Gasteiger partial charge in [-0.3, -0.25) is 4.79 Å². The molecule has 0 spiro atoms. The maximum absolute atomic E-state index is 10.9. The molecule has 12 heavy (non-hydrogen) atoms. The molecule has 3 heteroatoms. The van der Waals surface area contributed by atoms with Crippen LogP contribution >= 0.6 is 0 Å². The quantitative estimate of drug-likeness (QED) is 0.616. The highest BCUT2D eigenvalue weighted by atomic mass is 16.5. The van der Waals surface area contributed by atoms with E-state index in [2.05, 4.69) is 19.2 Å². The number of nitrogens with one attached hydrogen (secondary N) is 1. The number of esters is 1. The molecule has 0 saturated heterocycles. The van der Waals surface area contributed by atoms with Crippen LogP contribution in [0.25, 0.3) is 0 Å². The molecule has 0 heterocycles. The maximum atomic E-state index is 10.9. The van der Waals surface area contributed by atoms with Crippen LogP contribution in [0, 0.1) is 0 Å². The van der Waals surface area contributed by atoms with Crippen LogP contribution in [-0.2, 0) is 9.53 Å². The molecule has 0 fully saturated rings. The van der Waals surface area contributed by atoms with Crippen LogP contribution < -0.4 is 5.32 Å². The second kappa shape index (κ2) is 7.10. The third-order valence-electron chi connectivity index (χ3n) is 1.74. The van der Waals surface area contributed by atoms with E-state index in [9.17, 15) is 4.79 Å². The molecule has 3 nitrogen and oxygen atoms in total. The molecule has 0 aliphatic carbocycles. The van der Waals surface area contributed by atoms with Gasteiger partial charge in [-0.15, -0.1) is 0 Å². The highest BCUT2D eigenvalue weighted by Crippen LogP contribution is 1.89. The van der Waals surface area contributed by atoms with Gasteiger partial charge in [0.15, 0.2) is 0 Å². The van der Waals surface area contributed by atoms with E-state index in [1.165, 1.54) is 0 Å². The standard InChI is InChI=1S/C9H19NO2/c1-4-8(3)10-7-6-9(11)12-5-2/h8,10H,4-7H2,1-3H3. The van der Waals surface area contributed by atoms with Crippen LogP contribution in [0.15, 0.2) is 0 Å². The Hall–Kier alpha value is -0.570. The van der Waals surface area contributed by atoms with Gasteiger partial charge in [-0.05, 0) is 20.3 Å². The summed E-state index contributed by atoms with van der Waals surface area (Å²) in [6.45, 7) is 7.23. The second-order valence-corrected chi connectivity index (χ2v) is 2.82. The minimum Gasteiger partial charge on any atom is -0.466 e. The van der Waals surface area contributed by atoms with Gasteiger partial charge >= 0.3 is 5.97 Å². The summed E-state index contributed by atoms with van der Waals surface area (Å²) in [5.74, 6) is -0.117. The predicted molar refractivity (Wildman–Crippen MR) is 49.0 cm³/mol. The van der Waals surface area contributed by atoms with Crippen molar-refractivity contribution in [2.24, 2.45) is 0 Å². The lowest BCUT2D eigenvalue weighted by Gasteiger charge is -2.09. The molecule has 0 aromatic rings. The molecular weight excluding hydrogens is 154 g/mol. The average Bonchev–Trinajstić information content (AvgIpc) is 2.04. The first-order valence-electron chi connectivity index (χ1n) is 4.59. The van der Waals surface area contributed by atoms with Crippen molar-refractivity contribution in [3.63, 3.8) is 0 Å². The van der Waals surface area contributed by atoms with Crippen LogP contribution in [0.4, 0.5) is 0 Å². The zero-order chi connectivity index (χ0) is 9.40. The first-order valence-corrected chi connectivity index (χ1v) is 4.59. The van der Waals surface area contributed by atoms with Gasteiger partial charge < -0.3 is 10.1 Å². The van der Waals surface area contributed by atoms with E-state index in [1.54, 1.807) is 0 Å². The molecule has 0 bridgehead atoms. The molecule has 0 aliphatic rings. The highest BCUT2D eigenvalue weighted by molar-refractivity contribution is 5.69. The van der Waals surface area contributed by atoms with Gasteiger partial charge in [-0.2, -0.15) is 0 Å². The lowest BCUT2D eigenvalue weighted by Crippen LogP contribution is -2.27. The molecule has 0 amide bonds. The fourth-order valence-corrected chi connectivity index (χ4v) is 0.798. The lowest BCUT2D eigenvalue weighted by atomic mass is 10.2. The Morgan fingerprint density at radius 2 is 2.17 bits per heavy atom. The van der Waals surface area contributed by atoms with E-state index >= 15 is 0 Å². The zero-order valence-electron chi connectivity index (χ0n) is 8.22. The van der Waals surface area contributed by atoms with Crippen molar-refractivity contribution in [3.8, 4) is 0 Å². The summed E-state index contributed by atoms with van der Waals surface area (Å²) in [5.41, 5.74) is 0. The first kappa shape index (κ1) is 11.4. The van der Waals surface area contributed by atoms with Crippen LogP contribution in [0.1, 0.15) is 33.6 Å². The first-order chi connectivity index (χ1) is 5.70. The summed E-state index contributed by atoms with van der Waals surface area (Å²) in [6.07, 6.45) is 1.56. The fraction of sp³-hybridized carbons (Fsp3) is 0.889. The molecule has 72 valence electrons. The predicted octanol–water partition coefficient (Wildman–Crippen LogP) is 1.33. The van der Waals surface area contributed by atoms with Crippen LogP contribution in [-0.4, -0.2) is 25.2 Å². The van der Waals surface area contributed by atoms with Gasteiger partial charge in [0.25, 0.3) is 0 Å². The number of ether oxygens (including phenoxy) is 1. The van der Waals surface area contributed by atoms with E-state index in [-0.39, 0.29) is 5.97 Å². The summed E-state index contributed by atoms with van der Waals surface area (Å²) in [5, 5.41) is 3.22.